The molecule has 0 aliphatic carbocycles. The lowest BCUT2D eigenvalue weighted by atomic mass is 9.98. The van der Waals surface area contributed by atoms with Gasteiger partial charge in [0.25, 0.3) is 0 Å². The fraction of sp³-hybridized carbons (Fsp3) is 0.0769. The zero-order chi connectivity index (χ0) is 13.3. The summed E-state index contributed by atoms with van der Waals surface area (Å²) in [5.74, 6) is -2.20. The first-order chi connectivity index (χ1) is 8.52. The second kappa shape index (κ2) is 5.12. The Morgan fingerprint density at radius 2 is 1.50 bits per heavy atom. The topological polar surface area (TPSA) is 26.0 Å². The normalized spacial score (nSPS) is 12.5. The lowest BCUT2D eigenvalue weighted by Crippen LogP contribution is -2.17. The van der Waals surface area contributed by atoms with Crippen LogP contribution in [0.2, 0.25) is 0 Å². The smallest absolute Gasteiger partial charge is 0.142 e. The third-order valence-corrected chi connectivity index (χ3v) is 3.24. The molecule has 0 bridgehead atoms. The highest BCUT2D eigenvalue weighted by Crippen LogP contribution is 2.29. The van der Waals surface area contributed by atoms with Gasteiger partial charge in [0.05, 0.1) is 10.5 Å². The van der Waals surface area contributed by atoms with Gasteiger partial charge in [-0.3, -0.25) is 0 Å². The van der Waals surface area contributed by atoms with Gasteiger partial charge in [-0.15, -0.1) is 0 Å². The Hall–Kier alpha value is -1.33. The van der Waals surface area contributed by atoms with Crippen molar-refractivity contribution in [2.24, 2.45) is 5.73 Å². The Morgan fingerprint density at radius 3 is 2.11 bits per heavy atom. The first-order valence-electron chi connectivity index (χ1n) is 5.15. The molecule has 0 aliphatic heterocycles. The van der Waals surface area contributed by atoms with Crippen LogP contribution in [0.1, 0.15) is 17.2 Å². The molecule has 0 fully saturated rings. The molecular weight excluding hydrogens is 307 g/mol. The maximum absolute atomic E-state index is 13.8. The van der Waals surface area contributed by atoms with Gasteiger partial charge in [-0.25, -0.2) is 13.2 Å². The van der Waals surface area contributed by atoms with Crippen molar-refractivity contribution in [2.75, 3.05) is 0 Å². The molecule has 0 radical (unpaired) electrons. The average Bonchev–Trinajstić information content (AvgIpc) is 2.32. The zero-order valence-electron chi connectivity index (χ0n) is 9.13. The molecule has 0 aliphatic rings. The first kappa shape index (κ1) is 13.1. The van der Waals surface area contributed by atoms with Gasteiger partial charge >= 0.3 is 0 Å². The molecule has 0 spiro atoms. The molecule has 1 unspecified atom stereocenters. The van der Waals surface area contributed by atoms with Crippen LogP contribution in [0.25, 0.3) is 0 Å². The molecule has 5 heteroatoms. The van der Waals surface area contributed by atoms with Gasteiger partial charge in [-0.05, 0) is 34.1 Å². The summed E-state index contributed by atoms with van der Waals surface area (Å²) in [5.41, 5.74) is 5.44. The molecular formula is C13H9BrF3N. The Morgan fingerprint density at radius 1 is 0.944 bits per heavy atom. The Kier molecular flexibility index (Phi) is 3.73. The Labute approximate surface area is 111 Å². The molecule has 2 aromatic carbocycles. The lowest BCUT2D eigenvalue weighted by Gasteiger charge is -2.15. The van der Waals surface area contributed by atoms with Crippen molar-refractivity contribution in [1.82, 2.24) is 0 Å². The van der Waals surface area contributed by atoms with E-state index in [-0.39, 0.29) is 15.6 Å². The molecule has 1 nitrogen and oxygen atoms in total. The van der Waals surface area contributed by atoms with Crippen LogP contribution >= 0.6 is 15.9 Å². The quantitative estimate of drug-likeness (QED) is 0.893. The van der Waals surface area contributed by atoms with Crippen molar-refractivity contribution in [3.05, 3.63) is 69.4 Å². The number of halogens is 4. The minimum Gasteiger partial charge on any atom is -0.320 e. The van der Waals surface area contributed by atoms with Gasteiger partial charge in [0.1, 0.15) is 17.5 Å². The summed E-state index contributed by atoms with van der Waals surface area (Å²) >= 11 is 3.01. The summed E-state index contributed by atoms with van der Waals surface area (Å²) < 4.78 is 41.2. The zero-order valence-corrected chi connectivity index (χ0v) is 10.7. The van der Waals surface area contributed by atoms with Crippen LogP contribution in [-0.4, -0.2) is 0 Å². The molecule has 2 rings (SSSR count). The molecule has 94 valence electrons. The molecule has 0 saturated heterocycles. The second-order valence-corrected chi connectivity index (χ2v) is 4.61. The van der Waals surface area contributed by atoms with Gasteiger partial charge in [-0.2, -0.15) is 0 Å². The highest BCUT2D eigenvalue weighted by atomic mass is 79.9. The van der Waals surface area contributed by atoms with Crippen molar-refractivity contribution in [1.29, 1.82) is 0 Å². The number of nitrogens with two attached hydrogens (primary N) is 1. The molecule has 2 aromatic rings. The highest BCUT2D eigenvalue weighted by molar-refractivity contribution is 9.10. The van der Waals surface area contributed by atoms with Crippen LogP contribution < -0.4 is 5.73 Å². The van der Waals surface area contributed by atoms with E-state index >= 15 is 0 Å². The van der Waals surface area contributed by atoms with Crippen LogP contribution in [0.4, 0.5) is 13.2 Å². The Bertz CT molecular complexity index is 566. The number of rotatable bonds is 2. The average molecular weight is 316 g/mol. The van der Waals surface area contributed by atoms with Gasteiger partial charge < -0.3 is 5.73 Å². The van der Waals surface area contributed by atoms with E-state index in [4.69, 9.17) is 5.73 Å². The predicted molar refractivity (Wildman–Crippen MR) is 66.5 cm³/mol. The molecule has 1 atom stereocenters. The van der Waals surface area contributed by atoms with Crippen molar-refractivity contribution in [3.8, 4) is 0 Å². The van der Waals surface area contributed by atoms with E-state index in [0.29, 0.717) is 0 Å². The third kappa shape index (κ3) is 2.28. The summed E-state index contributed by atoms with van der Waals surface area (Å²) in [7, 11) is 0. The first-order valence-corrected chi connectivity index (χ1v) is 5.95. The predicted octanol–water partition coefficient (Wildman–Crippen LogP) is 3.91. The van der Waals surface area contributed by atoms with Gasteiger partial charge in [0, 0.05) is 11.1 Å². The monoisotopic (exact) mass is 315 g/mol. The summed E-state index contributed by atoms with van der Waals surface area (Å²) in [6.07, 6.45) is 0. The number of hydrogen-bond acceptors (Lipinski definition) is 1. The summed E-state index contributed by atoms with van der Waals surface area (Å²) in [6.45, 7) is 0. The maximum Gasteiger partial charge on any atom is 0.142 e. The molecule has 18 heavy (non-hydrogen) atoms. The number of benzene rings is 2. The molecule has 0 saturated carbocycles. The van der Waals surface area contributed by atoms with Crippen molar-refractivity contribution in [2.45, 2.75) is 6.04 Å². The molecule has 0 heterocycles. The lowest BCUT2D eigenvalue weighted by molar-refractivity contribution is 0.532. The fourth-order valence-electron chi connectivity index (χ4n) is 1.72. The maximum atomic E-state index is 13.8. The van der Waals surface area contributed by atoms with Crippen LogP contribution in [0.5, 0.6) is 0 Å². The second-order valence-electron chi connectivity index (χ2n) is 3.76. The minimum atomic E-state index is -1.19. The van der Waals surface area contributed by atoms with Crippen LogP contribution in [-0.2, 0) is 0 Å². The molecule has 0 amide bonds. The van der Waals surface area contributed by atoms with Gasteiger partial charge in [0.2, 0.25) is 0 Å². The van der Waals surface area contributed by atoms with E-state index in [2.05, 4.69) is 15.9 Å². The summed E-state index contributed by atoms with van der Waals surface area (Å²) in [6, 6.07) is 6.67. The SMILES string of the molecule is NC(c1cccc(Br)c1F)c1c(F)cccc1F. The summed E-state index contributed by atoms with van der Waals surface area (Å²) in [5, 5.41) is 0. The van der Waals surface area contributed by atoms with E-state index < -0.39 is 23.5 Å². The molecule has 2 N–H and O–H groups in total. The van der Waals surface area contributed by atoms with E-state index in [9.17, 15) is 13.2 Å². The third-order valence-electron chi connectivity index (χ3n) is 2.63. The summed E-state index contributed by atoms with van der Waals surface area (Å²) in [4.78, 5) is 0. The minimum absolute atomic E-state index is 0.0355. The molecule has 0 aromatic heterocycles. The van der Waals surface area contributed by atoms with E-state index in [1.54, 1.807) is 6.07 Å². The van der Waals surface area contributed by atoms with E-state index in [0.717, 1.165) is 12.1 Å². The van der Waals surface area contributed by atoms with Crippen molar-refractivity contribution >= 4 is 15.9 Å². The number of hydrogen-bond donors (Lipinski definition) is 1. The Balaban J connectivity index is 2.55. The van der Waals surface area contributed by atoms with Gasteiger partial charge in [-0.1, -0.05) is 18.2 Å². The van der Waals surface area contributed by atoms with E-state index in [1.165, 1.54) is 18.2 Å². The van der Waals surface area contributed by atoms with Crippen molar-refractivity contribution < 1.29 is 13.2 Å². The van der Waals surface area contributed by atoms with Crippen LogP contribution in [0, 0.1) is 17.5 Å². The van der Waals surface area contributed by atoms with E-state index in [1.807, 2.05) is 0 Å². The fourth-order valence-corrected chi connectivity index (χ4v) is 2.11. The van der Waals surface area contributed by atoms with Crippen molar-refractivity contribution in [3.63, 3.8) is 0 Å². The van der Waals surface area contributed by atoms with Crippen LogP contribution in [0.3, 0.4) is 0 Å². The highest BCUT2D eigenvalue weighted by Gasteiger charge is 2.21. The standard InChI is InChI=1S/C13H9BrF3N/c14-8-4-1-3-7(12(8)17)13(18)11-9(15)5-2-6-10(11)16/h1-6,13H,18H2. The largest absolute Gasteiger partial charge is 0.320 e. The van der Waals surface area contributed by atoms with Crippen LogP contribution in [0.15, 0.2) is 40.9 Å². The van der Waals surface area contributed by atoms with Gasteiger partial charge in [0.15, 0.2) is 0 Å².